The molecular weight excluding hydrogens is 246 g/mol. The highest BCUT2D eigenvalue weighted by Gasteiger charge is 2.10. The van der Waals surface area contributed by atoms with E-state index in [4.69, 9.17) is 9.84 Å². The molecule has 0 saturated heterocycles. The maximum Gasteiger partial charge on any atom is 0.308 e. The second-order valence-electron chi connectivity index (χ2n) is 3.25. The fraction of sp³-hybridized carbons (Fsp3) is 0.600. The van der Waals surface area contributed by atoms with E-state index in [1.54, 1.807) is 18.9 Å². The number of thioether (sulfide) groups is 1. The van der Waals surface area contributed by atoms with E-state index in [9.17, 15) is 4.79 Å². The Labute approximate surface area is 103 Å². The van der Waals surface area contributed by atoms with E-state index >= 15 is 0 Å². The third-order valence-electron chi connectivity index (χ3n) is 1.90. The molecule has 0 amide bonds. The summed E-state index contributed by atoms with van der Waals surface area (Å²) in [7, 11) is 1.68. The first-order valence-corrected chi connectivity index (χ1v) is 6.73. The number of hydrogen-bond donors (Lipinski definition) is 1. The van der Waals surface area contributed by atoms with E-state index in [-0.39, 0.29) is 6.42 Å². The summed E-state index contributed by atoms with van der Waals surface area (Å²) in [4.78, 5) is 15.8. The lowest BCUT2D eigenvalue weighted by Gasteiger charge is -1.96. The molecule has 6 heteroatoms. The molecule has 0 bridgehead atoms. The van der Waals surface area contributed by atoms with Gasteiger partial charge in [-0.1, -0.05) is 11.8 Å². The van der Waals surface area contributed by atoms with Gasteiger partial charge in [-0.3, -0.25) is 4.79 Å². The average Bonchev–Trinajstić information content (AvgIpc) is 2.54. The van der Waals surface area contributed by atoms with Crippen LogP contribution in [-0.2, 0) is 16.0 Å². The minimum absolute atomic E-state index is 0.0716. The first-order chi connectivity index (χ1) is 7.63. The molecule has 0 fully saturated rings. The molecule has 0 saturated carbocycles. The first kappa shape index (κ1) is 13.5. The summed E-state index contributed by atoms with van der Waals surface area (Å²) in [6, 6.07) is 0. The number of methoxy groups -OCH3 is 1. The van der Waals surface area contributed by atoms with Crippen LogP contribution < -0.4 is 0 Å². The number of rotatable bonds is 7. The minimum Gasteiger partial charge on any atom is -0.481 e. The Hall–Kier alpha value is -0.590. The summed E-state index contributed by atoms with van der Waals surface area (Å²) in [6.07, 6.45) is 1.05. The Balaban J connectivity index is 2.45. The van der Waals surface area contributed by atoms with E-state index in [0.29, 0.717) is 0 Å². The number of aryl methyl sites for hydroxylation is 1. The normalized spacial score (nSPS) is 10.6. The third-order valence-corrected chi connectivity index (χ3v) is 4.29. The number of aromatic nitrogens is 1. The van der Waals surface area contributed by atoms with Crippen molar-refractivity contribution in [2.45, 2.75) is 24.1 Å². The van der Waals surface area contributed by atoms with Gasteiger partial charge in [0, 0.05) is 24.3 Å². The Morgan fingerprint density at radius 2 is 2.38 bits per heavy atom. The van der Waals surface area contributed by atoms with Gasteiger partial charge in [0.1, 0.15) is 4.34 Å². The lowest BCUT2D eigenvalue weighted by atomic mass is 10.3. The second-order valence-corrected chi connectivity index (χ2v) is 5.68. The molecule has 0 aliphatic rings. The van der Waals surface area contributed by atoms with Gasteiger partial charge < -0.3 is 9.84 Å². The molecule has 1 N–H and O–H groups in total. The third kappa shape index (κ3) is 4.51. The zero-order valence-electron chi connectivity index (χ0n) is 9.36. The van der Waals surface area contributed by atoms with Crippen LogP contribution in [0.2, 0.25) is 0 Å². The second kappa shape index (κ2) is 6.88. The van der Waals surface area contributed by atoms with Gasteiger partial charge in [0.2, 0.25) is 0 Å². The smallest absolute Gasteiger partial charge is 0.308 e. The van der Waals surface area contributed by atoms with E-state index in [0.717, 1.165) is 33.7 Å². The summed E-state index contributed by atoms with van der Waals surface area (Å²) in [6.45, 7) is 2.60. The Morgan fingerprint density at radius 3 is 3.00 bits per heavy atom. The SMILES string of the molecule is COCCCSc1nc(C)c(CC(=O)O)s1. The highest BCUT2D eigenvalue weighted by atomic mass is 32.2. The van der Waals surface area contributed by atoms with E-state index in [1.807, 2.05) is 6.92 Å². The van der Waals surface area contributed by atoms with Crippen molar-refractivity contribution < 1.29 is 14.6 Å². The van der Waals surface area contributed by atoms with Crippen LogP contribution in [0, 0.1) is 6.92 Å². The molecule has 0 spiro atoms. The molecule has 0 aromatic carbocycles. The van der Waals surface area contributed by atoms with Gasteiger partial charge in [-0.05, 0) is 13.3 Å². The molecule has 1 aromatic heterocycles. The van der Waals surface area contributed by atoms with Gasteiger partial charge in [0.05, 0.1) is 12.1 Å². The van der Waals surface area contributed by atoms with Gasteiger partial charge in [-0.25, -0.2) is 4.98 Å². The average molecular weight is 261 g/mol. The zero-order valence-corrected chi connectivity index (χ0v) is 11.0. The summed E-state index contributed by atoms with van der Waals surface area (Å²) in [5.74, 6) is 0.149. The van der Waals surface area contributed by atoms with Crippen LogP contribution in [0.25, 0.3) is 0 Å². The molecule has 90 valence electrons. The number of ether oxygens (including phenoxy) is 1. The number of hydrogen-bond acceptors (Lipinski definition) is 5. The molecule has 1 rings (SSSR count). The molecule has 0 unspecified atom stereocenters. The number of nitrogens with zero attached hydrogens (tertiary/aromatic N) is 1. The van der Waals surface area contributed by atoms with Crippen molar-refractivity contribution in [1.82, 2.24) is 4.98 Å². The lowest BCUT2D eigenvalue weighted by Crippen LogP contribution is -1.99. The van der Waals surface area contributed by atoms with Crippen molar-refractivity contribution in [2.24, 2.45) is 0 Å². The van der Waals surface area contributed by atoms with Crippen LogP contribution in [0.3, 0.4) is 0 Å². The Kier molecular flexibility index (Phi) is 5.79. The van der Waals surface area contributed by atoms with Crippen LogP contribution in [-0.4, -0.2) is 35.5 Å². The van der Waals surface area contributed by atoms with Crippen LogP contribution in [0.15, 0.2) is 4.34 Å². The van der Waals surface area contributed by atoms with Crippen molar-refractivity contribution >= 4 is 29.1 Å². The molecular formula is C10H15NO3S2. The van der Waals surface area contributed by atoms with Gasteiger partial charge >= 0.3 is 5.97 Å². The molecule has 0 atom stereocenters. The van der Waals surface area contributed by atoms with Crippen LogP contribution in [0.5, 0.6) is 0 Å². The molecule has 16 heavy (non-hydrogen) atoms. The molecule has 1 heterocycles. The number of carboxylic acids is 1. The quantitative estimate of drug-likeness (QED) is 0.602. The van der Waals surface area contributed by atoms with Gasteiger partial charge in [-0.2, -0.15) is 0 Å². The standard InChI is InChI=1S/C10H15NO3S2/c1-7-8(6-9(12)13)16-10(11-7)15-5-3-4-14-2/h3-6H2,1-2H3,(H,12,13). The van der Waals surface area contributed by atoms with E-state index in [1.165, 1.54) is 11.3 Å². The summed E-state index contributed by atoms with van der Waals surface area (Å²) in [5.41, 5.74) is 0.835. The highest BCUT2D eigenvalue weighted by Crippen LogP contribution is 2.27. The number of carboxylic acid groups (broad SMARTS) is 1. The van der Waals surface area contributed by atoms with Gasteiger partial charge in [0.15, 0.2) is 0 Å². The van der Waals surface area contributed by atoms with Crippen LogP contribution in [0.1, 0.15) is 17.0 Å². The largest absolute Gasteiger partial charge is 0.481 e. The molecule has 1 aromatic rings. The molecule has 0 aliphatic heterocycles. The Bertz CT molecular complexity index is 352. The molecule has 0 aliphatic carbocycles. The highest BCUT2D eigenvalue weighted by molar-refractivity contribution is 8.01. The summed E-state index contributed by atoms with van der Waals surface area (Å²) in [5, 5.41) is 8.70. The maximum atomic E-state index is 10.6. The number of carbonyl (C=O) groups is 1. The topological polar surface area (TPSA) is 59.4 Å². The van der Waals surface area contributed by atoms with Crippen molar-refractivity contribution in [1.29, 1.82) is 0 Å². The summed E-state index contributed by atoms with van der Waals surface area (Å²) >= 11 is 3.13. The zero-order chi connectivity index (χ0) is 12.0. The van der Waals surface area contributed by atoms with Crippen LogP contribution >= 0.6 is 23.1 Å². The first-order valence-electron chi connectivity index (χ1n) is 4.93. The Morgan fingerprint density at radius 1 is 1.62 bits per heavy atom. The van der Waals surface area contributed by atoms with Crippen molar-refractivity contribution in [3.63, 3.8) is 0 Å². The monoisotopic (exact) mass is 261 g/mol. The predicted molar refractivity (Wildman–Crippen MR) is 65.4 cm³/mol. The fourth-order valence-electron chi connectivity index (χ4n) is 1.13. The predicted octanol–water partition coefficient (Wildman–Crippen LogP) is 2.21. The van der Waals surface area contributed by atoms with Gasteiger partial charge in [-0.15, -0.1) is 11.3 Å². The van der Waals surface area contributed by atoms with Crippen molar-refractivity contribution in [2.75, 3.05) is 19.5 Å². The lowest BCUT2D eigenvalue weighted by molar-refractivity contribution is -0.136. The van der Waals surface area contributed by atoms with Crippen LogP contribution in [0.4, 0.5) is 0 Å². The van der Waals surface area contributed by atoms with E-state index in [2.05, 4.69) is 4.98 Å². The van der Waals surface area contributed by atoms with Crippen molar-refractivity contribution in [3.8, 4) is 0 Å². The molecule has 0 radical (unpaired) electrons. The fourth-order valence-corrected chi connectivity index (χ4v) is 3.34. The maximum absolute atomic E-state index is 10.6. The van der Waals surface area contributed by atoms with E-state index < -0.39 is 5.97 Å². The number of thiazole rings is 1. The number of aliphatic carboxylic acids is 1. The minimum atomic E-state index is -0.803. The molecule has 4 nitrogen and oxygen atoms in total. The van der Waals surface area contributed by atoms with Gasteiger partial charge in [0.25, 0.3) is 0 Å². The van der Waals surface area contributed by atoms with Crippen molar-refractivity contribution in [3.05, 3.63) is 10.6 Å². The summed E-state index contributed by atoms with van der Waals surface area (Å²) < 4.78 is 5.90.